The Bertz CT molecular complexity index is 1200. The highest BCUT2D eigenvalue weighted by atomic mass is 19.1. The minimum absolute atomic E-state index is 0.0388. The molecule has 0 unspecified atom stereocenters. The first kappa shape index (κ1) is 22.1. The largest absolute Gasteiger partial charge is 0.449 e. The molecule has 0 radical (unpaired) electrons. The van der Waals surface area contributed by atoms with E-state index in [9.17, 15) is 23.7 Å². The summed E-state index contributed by atoms with van der Waals surface area (Å²) in [6.45, 7) is 0.424. The van der Waals surface area contributed by atoms with Crippen molar-refractivity contribution in [3.8, 4) is 11.1 Å². The van der Waals surface area contributed by atoms with Crippen LogP contribution in [0.5, 0.6) is 0 Å². The molecule has 1 aliphatic carbocycles. The Morgan fingerprint density at radius 2 is 1.67 bits per heavy atom. The lowest BCUT2D eigenvalue weighted by molar-refractivity contribution is -0.387. The summed E-state index contributed by atoms with van der Waals surface area (Å²) in [5.41, 5.74) is 3.49. The Morgan fingerprint density at radius 3 is 2.30 bits per heavy atom. The average molecular weight is 450 g/mol. The van der Waals surface area contributed by atoms with Crippen molar-refractivity contribution in [2.24, 2.45) is 0 Å². The first-order valence-corrected chi connectivity index (χ1v) is 10.3. The molecule has 3 aromatic rings. The van der Waals surface area contributed by atoms with Crippen LogP contribution in [-0.2, 0) is 4.74 Å². The molecular formula is C25H20F2N2O4. The van der Waals surface area contributed by atoms with Crippen LogP contribution >= 0.6 is 0 Å². The summed E-state index contributed by atoms with van der Waals surface area (Å²) in [5, 5.41) is 13.3. The van der Waals surface area contributed by atoms with Gasteiger partial charge in [-0.25, -0.2) is 9.18 Å². The number of rotatable bonds is 7. The first-order chi connectivity index (χ1) is 16.0. The fourth-order valence-corrected chi connectivity index (χ4v) is 3.94. The Labute approximate surface area is 188 Å². The average Bonchev–Trinajstić information content (AvgIpc) is 3.13. The van der Waals surface area contributed by atoms with Gasteiger partial charge in [-0.15, -0.1) is 0 Å². The predicted molar refractivity (Wildman–Crippen MR) is 120 cm³/mol. The zero-order chi connectivity index (χ0) is 23.4. The third-order valence-electron chi connectivity index (χ3n) is 5.48. The van der Waals surface area contributed by atoms with Crippen LogP contribution in [0.1, 0.15) is 29.0 Å². The first-order valence-electron chi connectivity index (χ1n) is 10.3. The second-order valence-electron chi connectivity index (χ2n) is 7.53. The Hall–Kier alpha value is -4.07. The number of amides is 1. The van der Waals surface area contributed by atoms with Crippen LogP contribution in [0, 0.1) is 21.7 Å². The molecule has 0 fully saturated rings. The van der Waals surface area contributed by atoms with Gasteiger partial charge in [0, 0.05) is 18.0 Å². The molecule has 168 valence electrons. The van der Waals surface area contributed by atoms with Gasteiger partial charge in [-0.05, 0) is 34.7 Å². The molecule has 1 aliphatic rings. The summed E-state index contributed by atoms with van der Waals surface area (Å²) in [5.74, 6) is -2.05. The maximum Gasteiger partial charge on any atom is 0.407 e. The van der Waals surface area contributed by atoms with E-state index in [1.165, 1.54) is 12.2 Å². The number of halogens is 2. The zero-order valence-electron chi connectivity index (χ0n) is 17.5. The quantitative estimate of drug-likeness (QED) is 0.280. The van der Waals surface area contributed by atoms with Gasteiger partial charge in [-0.2, -0.15) is 4.39 Å². The molecule has 0 aliphatic heterocycles. The molecule has 0 spiro atoms. The van der Waals surface area contributed by atoms with Gasteiger partial charge in [0.05, 0.1) is 11.0 Å². The Morgan fingerprint density at radius 1 is 1.03 bits per heavy atom. The molecule has 0 saturated carbocycles. The number of benzene rings is 3. The molecule has 33 heavy (non-hydrogen) atoms. The van der Waals surface area contributed by atoms with E-state index in [1.807, 2.05) is 36.4 Å². The maximum atomic E-state index is 13.9. The van der Waals surface area contributed by atoms with E-state index in [1.54, 1.807) is 0 Å². The van der Waals surface area contributed by atoms with Crippen molar-refractivity contribution in [2.45, 2.75) is 12.3 Å². The monoisotopic (exact) mass is 450 g/mol. The molecule has 8 heteroatoms. The number of fused-ring (bicyclic) bond motifs is 3. The number of nitro benzene ring substituents is 1. The van der Waals surface area contributed by atoms with E-state index in [2.05, 4.69) is 17.4 Å². The van der Waals surface area contributed by atoms with Crippen LogP contribution < -0.4 is 5.32 Å². The van der Waals surface area contributed by atoms with Gasteiger partial charge >= 0.3 is 11.8 Å². The molecule has 0 heterocycles. The second-order valence-corrected chi connectivity index (χ2v) is 7.53. The van der Waals surface area contributed by atoms with Crippen molar-refractivity contribution < 1.29 is 23.2 Å². The van der Waals surface area contributed by atoms with Gasteiger partial charge in [0.15, 0.2) is 0 Å². The lowest BCUT2D eigenvalue weighted by Crippen LogP contribution is -2.26. The number of carbonyl (C=O) groups excluding carboxylic acids is 1. The normalized spacial score (nSPS) is 12.4. The number of ether oxygens (including phenoxy) is 1. The third-order valence-corrected chi connectivity index (χ3v) is 5.48. The molecule has 0 bridgehead atoms. The van der Waals surface area contributed by atoms with Crippen LogP contribution in [0.2, 0.25) is 0 Å². The number of nitro groups is 1. The van der Waals surface area contributed by atoms with E-state index in [4.69, 9.17) is 4.74 Å². The fraction of sp³-hybridized carbons (Fsp3) is 0.160. The highest BCUT2D eigenvalue weighted by molar-refractivity contribution is 5.79. The maximum absolute atomic E-state index is 13.9. The molecule has 3 aromatic carbocycles. The van der Waals surface area contributed by atoms with Crippen LogP contribution in [0.25, 0.3) is 17.2 Å². The lowest BCUT2D eigenvalue weighted by atomic mass is 9.98. The number of alkyl carbamates (subject to hydrolysis) is 1. The van der Waals surface area contributed by atoms with Crippen molar-refractivity contribution in [1.29, 1.82) is 0 Å². The molecule has 0 atom stereocenters. The Kier molecular flexibility index (Phi) is 6.44. The number of hydrogen-bond donors (Lipinski definition) is 1. The van der Waals surface area contributed by atoms with Crippen LogP contribution in [0.4, 0.5) is 19.3 Å². The van der Waals surface area contributed by atoms with Crippen molar-refractivity contribution >= 4 is 17.9 Å². The summed E-state index contributed by atoms with van der Waals surface area (Å²) in [6, 6.07) is 17.4. The van der Waals surface area contributed by atoms with Gasteiger partial charge in [0.1, 0.15) is 12.4 Å². The molecule has 0 saturated heterocycles. The highest BCUT2D eigenvalue weighted by Gasteiger charge is 2.28. The van der Waals surface area contributed by atoms with Crippen molar-refractivity contribution in [2.75, 3.05) is 13.2 Å². The van der Waals surface area contributed by atoms with E-state index >= 15 is 0 Å². The zero-order valence-corrected chi connectivity index (χ0v) is 17.5. The van der Waals surface area contributed by atoms with Gasteiger partial charge in [-0.3, -0.25) is 10.1 Å². The summed E-state index contributed by atoms with van der Waals surface area (Å²) in [6.07, 6.45) is 2.61. The van der Waals surface area contributed by atoms with E-state index in [-0.39, 0.29) is 24.6 Å². The van der Waals surface area contributed by atoms with Gasteiger partial charge in [0.2, 0.25) is 5.82 Å². The summed E-state index contributed by atoms with van der Waals surface area (Å²) in [7, 11) is 0. The van der Waals surface area contributed by atoms with Crippen molar-refractivity contribution in [1.82, 2.24) is 5.32 Å². The van der Waals surface area contributed by atoms with Crippen molar-refractivity contribution in [3.63, 3.8) is 0 Å². The van der Waals surface area contributed by atoms with Gasteiger partial charge < -0.3 is 10.1 Å². The Balaban J connectivity index is 1.28. The minimum Gasteiger partial charge on any atom is -0.449 e. The minimum atomic E-state index is -1.11. The van der Waals surface area contributed by atoms with Crippen molar-refractivity contribution in [3.05, 3.63) is 105 Å². The standard InChI is InChI=1S/C25H20F2N2O4/c26-22-14-24(29(31)32)23(27)13-16(22)7-5-6-12-28-25(30)33-15-21-19-10-3-1-8-17(19)18-9-2-4-11-20(18)21/h1-5,7-11,13-14,21H,6,12,15H2,(H,28,30). The molecule has 0 aromatic heterocycles. The number of nitrogens with one attached hydrogen (secondary N) is 1. The molecule has 6 nitrogen and oxygen atoms in total. The van der Waals surface area contributed by atoms with Crippen LogP contribution in [0.15, 0.2) is 66.7 Å². The second kappa shape index (κ2) is 9.60. The smallest absolute Gasteiger partial charge is 0.407 e. The van der Waals surface area contributed by atoms with Crippen LogP contribution in [-0.4, -0.2) is 24.2 Å². The predicted octanol–water partition coefficient (Wildman–Crippen LogP) is 5.82. The third kappa shape index (κ3) is 4.74. The van der Waals surface area contributed by atoms with E-state index < -0.39 is 28.3 Å². The molecular weight excluding hydrogens is 430 g/mol. The number of carbonyl (C=O) groups is 1. The SMILES string of the molecule is O=C(NCCC=Cc1cc(F)c([N+](=O)[O-])cc1F)OCC1c2ccccc2-c2ccccc21. The van der Waals surface area contributed by atoms with Crippen LogP contribution in [0.3, 0.4) is 0 Å². The summed E-state index contributed by atoms with van der Waals surface area (Å²) < 4.78 is 32.9. The number of hydrogen-bond acceptors (Lipinski definition) is 4. The van der Waals surface area contributed by atoms with E-state index in [0.29, 0.717) is 12.5 Å². The topological polar surface area (TPSA) is 81.5 Å². The fourth-order valence-electron chi connectivity index (χ4n) is 3.94. The number of nitrogens with zero attached hydrogens (tertiary/aromatic N) is 1. The lowest BCUT2D eigenvalue weighted by Gasteiger charge is -2.14. The summed E-state index contributed by atoms with van der Waals surface area (Å²) in [4.78, 5) is 21.8. The molecule has 1 amide bonds. The van der Waals surface area contributed by atoms with Gasteiger partial charge in [-0.1, -0.05) is 60.7 Å². The molecule has 1 N–H and O–H groups in total. The van der Waals surface area contributed by atoms with E-state index in [0.717, 1.165) is 28.3 Å². The molecule has 4 rings (SSSR count). The highest BCUT2D eigenvalue weighted by Crippen LogP contribution is 2.44. The summed E-state index contributed by atoms with van der Waals surface area (Å²) >= 11 is 0. The van der Waals surface area contributed by atoms with Gasteiger partial charge in [0.25, 0.3) is 0 Å².